The summed E-state index contributed by atoms with van der Waals surface area (Å²) in [6.45, 7) is 8.43. The number of carbonyl (C=O) groups excluding carboxylic acids is 1. The van der Waals surface area contributed by atoms with E-state index in [1.807, 2.05) is 27.7 Å². The number of hydrogen-bond acceptors (Lipinski definition) is 4. The summed E-state index contributed by atoms with van der Waals surface area (Å²) in [5, 5.41) is 7.42. The van der Waals surface area contributed by atoms with Gasteiger partial charge in [-0.05, 0) is 17.2 Å². The summed E-state index contributed by atoms with van der Waals surface area (Å²) in [4.78, 5) is 15.5. The molecule has 0 saturated carbocycles. The van der Waals surface area contributed by atoms with Crippen molar-refractivity contribution < 1.29 is 8.98 Å². The molecule has 92 valence electrons. The van der Waals surface area contributed by atoms with Gasteiger partial charge < -0.3 is 4.18 Å². The molecule has 0 amide bonds. The van der Waals surface area contributed by atoms with Gasteiger partial charge in [-0.1, -0.05) is 20.8 Å². The van der Waals surface area contributed by atoms with Crippen molar-refractivity contribution in [1.29, 1.82) is 0 Å². The fraction of sp³-hybridized carbons (Fsp3) is 0.700. The third kappa shape index (κ3) is 2.62. The predicted molar refractivity (Wildman–Crippen MR) is 65.2 cm³/mol. The number of nitrogens with zero attached hydrogens (tertiary/aromatic N) is 2. The molecule has 0 aliphatic carbocycles. The Morgan fingerprint density at radius 3 is 2.50 bits per heavy atom. The van der Waals surface area contributed by atoms with Crippen molar-refractivity contribution in [3.05, 3.63) is 5.82 Å². The second kappa shape index (κ2) is 4.55. The quantitative estimate of drug-likeness (QED) is 0.824. The molecule has 0 aromatic carbocycles. The molecule has 1 N–H and O–H groups in total. The maximum Gasteiger partial charge on any atom is 0.219 e. The standard InChI is InChI=1S/C10H19N3O2S/c1-6-15-16(5,7-14)9-11-8(12-13-9)10(2,3)4/h7H,6H2,1-5H3,(H,11,12,13). The lowest BCUT2D eigenvalue weighted by Gasteiger charge is -2.24. The number of aromatic nitrogens is 3. The van der Waals surface area contributed by atoms with Gasteiger partial charge in [0.1, 0.15) is 5.82 Å². The van der Waals surface area contributed by atoms with Gasteiger partial charge in [0.05, 0.1) is 6.61 Å². The molecule has 0 saturated heterocycles. The van der Waals surface area contributed by atoms with Crippen LogP contribution < -0.4 is 0 Å². The molecule has 0 spiro atoms. The zero-order chi connectivity index (χ0) is 12.4. The number of rotatable bonds is 4. The number of nitrogens with one attached hydrogen (secondary N) is 1. The highest BCUT2D eigenvalue weighted by molar-refractivity contribution is 8.39. The van der Waals surface area contributed by atoms with E-state index in [-0.39, 0.29) is 5.41 Å². The first-order valence-electron chi connectivity index (χ1n) is 5.14. The molecule has 1 heterocycles. The van der Waals surface area contributed by atoms with Crippen molar-refractivity contribution in [3.63, 3.8) is 0 Å². The molecule has 0 aliphatic heterocycles. The maximum atomic E-state index is 11.1. The lowest BCUT2D eigenvalue weighted by atomic mass is 9.96. The van der Waals surface area contributed by atoms with Crippen LogP contribution >= 0.6 is 10.3 Å². The molecule has 1 unspecified atom stereocenters. The second-order valence-electron chi connectivity index (χ2n) is 4.62. The van der Waals surface area contributed by atoms with E-state index in [0.717, 1.165) is 11.4 Å². The van der Waals surface area contributed by atoms with Crippen molar-refractivity contribution >= 4 is 15.9 Å². The zero-order valence-corrected chi connectivity index (χ0v) is 11.2. The zero-order valence-electron chi connectivity index (χ0n) is 10.4. The predicted octanol–water partition coefficient (Wildman–Crippen LogP) is 2.04. The van der Waals surface area contributed by atoms with Gasteiger partial charge in [-0.15, -0.1) is 5.10 Å². The summed E-state index contributed by atoms with van der Waals surface area (Å²) < 4.78 is 5.46. The Kier molecular flexibility index (Phi) is 3.75. The Morgan fingerprint density at radius 1 is 1.50 bits per heavy atom. The first kappa shape index (κ1) is 13.2. The van der Waals surface area contributed by atoms with Gasteiger partial charge in [-0.3, -0.25) is 9.89 Å². The van der Waals surface area contributed by atoms with Crippen LogP contribution in [0.4, 0.5) is 0 Å². The summed E-state index contributed by atoms with van der Waals surface area (Å²) in [5.41, 5.74) is 0.701. The summed E-state index contributed by atoms with van der Waals surface area (Å²) in [7, 11) is -1.98. The molecule has 16 heavy (non-hydrogen) atoms. The van der Waals surface area contributed by atoms with Crippen LogP contribution in [0.3, 0.4) is 0 Å². The van der Waals surface area contributed by atoms with Crippen LogP contribution in [-0.2, 0) is 14.4 Å². The summed E-state index contributed by atoms with van der Waals surface area (Å²) in [6, 6.07) is 0. The van der Waals surface area contributed by atoms with Gasteiger partial charge in [0, 0.05) is 11.7 Å². The monoisotopic (exact) mass is 245 g/mol. The van der Waals surface area contributed by atoms with Crippen molar-refractivity contribution in [3.8, 4) is 0 Å². The normalized spacial score (nSPS) is 17.8. The van der Waals surface area contributed by atoms with Gasteiger partial charge in [0.15, 0.2) is 5.62 Å². The molecule has 6 heteroatoms. The van der Waals surface area contributed by atoms with Crippen molar-refractivity contribution in [2.75, 3.05) is 12.9 Å². The van der Waals surface area contributed by atoms with Crippen molar-refractivity contribution in [1.82, 2.24) is 15.2 Å². The highest BCUT2D eigenvalue weighted by Gasteiger charge is 2.28. The molecule has 0 radical (unpaired) electrons. The molecule has 5 nitrogen and oxygen atoms in total. The fourth-order valence-corrected chi connectivity index (χ4v) is 2.37. The number of carbonyl (C=O) groups is 1. The Labute approximate surface area is 97.5 Å². The third-order valence-corrected chi connectivity index (χ3v) is 4.08. The average Bonchev–Trinajstić information content (AvgIpc) is 2.66. The fourth-order valence-electron chi connectivity index (χ4n) is 1.13. The molecule has 0 bridgehead atoms. The molecular weight excluding hydrogens is 226 g/mol. The highest BCUT2D eigenvalue weighted by atomic mass is 32.3. The van der Waals surface area contributed by atoms with Crippen molar-refractivity contribution in [2.24, 2.45) is 0 Å². The largest absolute Gasteiger partial charge is 0.323 e. The van der Waals surface area contributed by atoms with E-state index >= 15 is 0 Å². The Hall–Kier alpha value is -0.880. The lowest BCUT2D eigenvalue weighted by Crippen LogP contribution is -2.13. The van der Waals surface area contributed by atoms with Crippen LogP contribution in [0.1, 0.15) is 33.5 Å². The minimum atomic E-state index is -1.98. The van der Waals surface area contributed by atoms with E-state index in [2.05, 4.69) is 15.2 Å². The van der Waals surface area contributed by atoms with E-state index in [1.54, 1.807) is 6.26 Å². The molecular formula is C10H19N3O2S. The maximum absolute atomic E-state index is 11.1. The second-order valence-corrected chi connectivity index (χ2v) is 7.22. The highest BCUT2D eigenvalue weighted by Crippen LogP contribution is 2.48. The molecule has 1 rings (SSSR count). The van der Waals surface area contributed by atoms with Crippen LogP contribution in [0.15, 0.2) is 5.16 Å². The topological polar surface area (TPSA) is 67.9 Å². The van der Waals surface area contributed by atoms with Gasteiger partial charge in [-0.25, -0.2) is 4.98 Å². The Balaban J connectivity index is 3.04. The molecule has 0 aliphatic rings. The van der Waals surface area contributed by atoms with Crippen LogP contribution in [0.5, 0.6) is 0 Å². The van der Waals surface area contributed by atoms with E-state index in [0.29, 0.717) is 11.8 Å². The van der Waals surface area contributed by atoms with Crippen LogP contribution in [-0.4, -0.2) is 33.7 Å². The summed E-state index contributed by atoms with van der Waals surface area (Å²) in [5.74, 6) is 0.766. The van der Waals surface area contributed by atoms with E-state index in [1.165, 1.54) is 0 Å². The summed E-state index contributed by atoms with van der Waals surface area (Å²) in [6.07, 6.45) is 1.75. The first-order chi connectivity index (χ1) is 7.33. The smallest absolute Gasteiger partial charge is 0.219 e. The van der Waals surface area contributed by atoms with Crippen LogP contribution in [0, 0.1) is 0 Å². The van der Waals surface area contributed by atoms with Gasteiger partial charge in [-0.2, -0.15) is 0 Å². The number of aromatic amines is 1. The Bertz CT molecular complexity index is 372. The van der Waals surface area contributed by atoms with Gasteiger partial charge in [0.2, 0.25) is 5.16 Å². The molecule has 1 aromatic heterocycles. The van der Waals surface area contributed by atoms with Gasteiger partial charge in [0.25, 0.3) is 0 Å². The van der Waals surface area contributed by atoms with E-state index < -0.39 is 10.3 Å². The van der Waals surface area contributed by atoms with E-state index in [4.69, 9.17) is 4.18 Å². The average molecular weight is 245 g/mol. The summed E-state index contributed by atoms with van der Waals surface area (Å²) >= 11 is 0. The Morgan fingerprint density at radius 2 is 2.12 bits per heavy atom. The molecule has 0 fully saturated rings. The number of hydrogen-bond donors (Lipinski definition) is 1. The first-order valence-corrected chi connectivity index (χ1v) is 7.17. The van der Waals surface area contributed by atoms with Gasteiger partial charge >= 0.3 is 0 Å². The van der Waals surface area contributed by atoms with Crippen LogP contribution in [0.25, 0.3) is 0 Å². The van der Waals surface area contributed by atoms with E-state index in [9.17, 15) is 4.79 Å². The molecule has 1 atom stereocenters. The SMILES string of the molecule is CCOS(C)(C=O)c1n[nH]c(C(C)(C)C)n1. The lowest BCUT2D eigenvalue weighted by molar-refractivity contribution is 0.385. The number of H-pyrrole nitrogens is 1. The van der Waals surface area contributed by atoms with Crippen molar-refractivity contribution in [2.45, 2.75) is 38.3 Å². The third-order valence-electron chi connectivity index (χ3n) is 2.08. The minimum Gasteiger partial charge on any atom is -0.323 e. The molecule has 1 aromatic rings. The van der Waals surface area contributed by atoms with Crippen LogP contribution in [0.2, 0.25) is 0 Å². The minimum absolute atomic E-state index is 0.110.